The molecular formula is C16H19ClN2OS. The standard InChI is InChI=1S/C16H19ClN2OS/c1-11(2)19(10-12-5-3-6-13(17)9-12)16(20)15(18)14-7-4-8-21-14/h3-9,11,15H,10,18H2,1-2H3. The molecule has 3 nitrogen and oxygen atoms in total. The first kappa shape index (κ1) is 16.0. The Hall–Kier alpha value is -1.36. The second-order valence-corrected chi connectivity index (χ2v) is 6.60. The lowest BCUT2D eigenvalue weighted by molar-refractivity contribution is -0.135. The molecule has 1 amide bonds. The number of nitrogens with two attached hydrogens (primary N) is 1. The van der Waals surface area contributed by atoms with Crippen molar-refractivity contribution in [2.45, 2.75) is 32.5 Å². The smallest absolute Gasteiger partial charge is 0.245 e. The molecule has 1 aromatic carbocycles. The zero-order chi connectivity index (χ0) is 15.4. The second kappa shape index (κ2) is 7.07. The summed E-state index contributed by atoms with van der Waals surface area (Å²) >= 11 is 7.51. The number of amides is 1. The summed E-state index contributed by atoms with van der Waals surface area (Å²) < 4.78 is 0. The van der Waals surface area contributed by atoms with Gasteiger partial charge < -0.3 is 10.6 Å². The van der Waals surface area contributed by atoms with Crippen LogP contribution in [0.15, 0.2) is 41.8 Å². The number of benzene rings is 1. The summed E-state index contributed by atoms with van der Waals surface area (Å²) in [5.41, 5.74) is 7.10. The Morgan fingerprint density at radius 1 is 1.33 bits per heavy atom. The van der Waals surface area contributed by atoms with E-state index in [0.717, 1.165) is 10.4 Å². The SMILES string of the molecule is CC(C)N(Cc1cccc(Cl)c1)C(=O)C(N)c1cccs1. The second-order valence-electron chi connectivity index (χ2n) is 5.18. The van der Waals surface area contributed by atoms with E-state index >= 15 is 0 Å². The Balaban J connectivity index is 2.17. The summed E-state index contributed by atoms with van der Waals surface area (Å²) in [7, 11) is 0. The molecule has 0 radical (unpaired) electrons. The number of carbonyl (C=O) groups is 1. The maximum Gasteiger partial charge on any atom is 0.245 e. The molecule has 1 aromatic heterocycles. The van der Waals surface area contributed by atoms with E-state index in [1.165, 1.54) is 11.3 Å². The molecule has 21 heavy (non-hydrogen) atoms. The average molecular weight is 323 g/mol. The molecule has 0 aliphatic heterocycles. The van der Waals surface area contributed by atoms with Gasteiger partial charge in [0, 0.05) is 22.5 Å². The van der Waals surface area contributed by atoms with E-state index in [2.05, 4.69) is 0 Å². The molecule has 0 aliphatic rings. The molecule has 2 N–H and O–H groups in total. The fourth-order valence-electron chi connectivity index (χ4n) is 2.12. The molecule has 1 heterocycles. The summed E-state index contributed by atoms with van der Waals surface area (Å²) in [6.45, 7) is 4.49. The van der Waals surface area contributed by atoms with E-state index in [0.29, 0.717) is 11.6 Å². The lowest BCUT2D eigenvalue weighted by Gasteiger charge is -2.29. The number of thiophene rings is 1. The van der Waals surface area contributed by atoms with E-state index in [1.807, 2.05) is 55.6 Å². The van der Waals surface area contributed by atoms with Crippen LogP contribution in [0.3, 0.4) is 0 Å². The largest absolute Gasteiger partial charge is 0.334 e. The lowest BCUT2D eigenvalue weighted by atomic mass is 10.1. The number of carbonyl (C=O) groups excluding carboxylic acids is 1. The van der Waals surface area contributed by atoms with Crippen LogP contribution in [0.5, 0.6) is 0 Å². The minimum Gasteiger partial charge on any atom is -0.334 e. The molecule has 0 spiro atoms. The molecule has 5 heteroatoms. The minimum absolute atomic E-state index is 0.0626. The summed E-state index contributed by atoms with van der Waals surface area (Å²) in [5.74, 6) is -0.0626. The quantitative estimate of drug-likeness (QED) is 0.909. The monoisotopic (exact) mass is 322 g/mol. The van der Waals surface area contributed by atoms with Gasteiger partial charge in [0.2, 0.25) is 5.91 Å². The van der Waals surface area contributed by atoms with Gasteiger partial charge in [-0.15, -0.1) is 11.3 Å². The van der Waals surface area contributed by atoms with Crippen LogP contribution in [0.25, 0.3) is 0 Å². The first-order valence-electron chi connectivity index (χ1n) is 6.83. The summed E-state index contributed by atoms with van der Waals surface area (Å²) in [6.07, 6.45) is 0. The number of hydrogen-bond acceptors (Lipinski definition) is 3. The van der Waals surface area contributed by atoms with Crippen LogP contribution >= 0.6 is 22.9 Å². The summed E-state index contributed by atoms with van der Waals surface area (Å²) in [6, 6.07) is 10.8. The molecule has 2 aromatic rings. The van der Waals surface area contributed by atoms with Gasteiger partial charge in [0.05, 0.1) is 0 Å². The third-order valence-corrected chi connectivity index (χ3v) is 4.45. The Kier molecular flexibility index (Phi) is 5.39. The highest BCUT2D eigenvalue weighted by molar-refractivity contribution is 7.10. The Labute approximate surface area is 134 Å². The van der Waals surface area contributed by atoms with Gasteiger partial charge in [-0.25, -0.2) is 0 Å². The molecule has 0 saturated heterocycles. The predicted molar refractivity (Wildman–Crippen MR) is 88.4 cm³/mol. The third kappa shape index (κ3) is 4.06. The fraction of sp³-hybridized carbons (Fsp3) is 0.312. The van der Waals surface area contributed by atoms with Crippen molar-refractivity contribution in [3.8, 4) is 0 Å². The van der Waals surface area contributed by atoms with Crippen molar-refractivity contribution in [1.82, 2.24) is 4.90 Å². The summed E-state index contributed by atoms with van der Waals surface area (Å²) in [5, 5.41) is 2.60. The molecule has 1 atom stereocenters. The number of rotatable bonds is 5. The maximum absolute atomic E-state index is 12.6. The zero-order valence-corrected chi connectivity index (χ0v) is 13.7. The average Bonchev–Trinajstić information content (AvgIpc) is 2.97. The van der Waals surface area contributed by atoms with Crippen molar-refractivity contribution in [3.63, 3.8) is 0 Å². The van der Waals surface area contributed by atoms with Crippen LogP contribution < -0.4 is 5.73 Å². The first-order chi connectivity index (χ1) is 9.99. The van der Waals surface area contributed by atoms with Crippen molar-refractivity contribution in [1.29, 1.82) is 0 Å². The topological polar surface area (TPSA) is 46.3 Å². The van der Waals surface area contributed by atoms with Crippen molar-refractivity contribution in [3.05, 3.63) is 57.2 Å². The van der Waals surface area contributed by atoms with Crippen LogP contribution in [-0.2, 0) is 11.3 Å². The van der Waals surface area contributed by atoms with E-state index in [1.54, 1.807) is 4.90 Å². The van der Waals surface area contributed by atoms with Gasteiger partial charge in [-0.1, -0.05) is 29.8 Å². The van der Waals surface area contributed by atoms with Crippen LogP contribution in [0, 0.1) is 0 Å². The molecule has 1 unspecified atom stereocenters. The molecule has 0 saturated carbocycles. The molecule has 0 bridgehead atoms. The molecule has 2 rings (SSSR count). The normalized spacial score (nSPS) is 12.4. The van der Waals surface area contributed by atoms with Gasteiger partial charge in [-0.2, -0.15) is 0 Å². The van der Waals surface area contributed by atoms with Gasteiger partial charge in [-0.3, -0.25) is 4.79 Å². The van der Waals surface area contributed by atoms with Gasteiger partial charge in [0.25, 0.3) is 0 Å². The molecule has 0 aliphatic carbocycles. The fourth-order valence-corrected chi connectivity index (χ4v) is 3.05. The van der Waals surface area contributed by atoms with Crippen molar-refractivity contribution >= 4 is 28.8 Å². The van der Waals surface area contributed by atoms with Gasteiger partial charge in [0.15, 0.2) is 0 Å². The van der Waals surface area contributed by atoms with Gasteiger partial charge >= 0.3 is 0 Å². The molecule has 0 fully saturated rings. The van der Waals surface area contributed by atoms with Gasteiger partial charge in [0.1, 0.15) is 6.04 Å². The number of nitrogens with zero attached hydrogens (tertiary/aromatic N) is 1. The number of halogens is 1. The highest BCUT2D eigenvalue weighted by Crippen LogP contribution is 2.22. The summed E-state index contributed by atoms with van der Waals surface area (Å²) in [4.78, 5) is 15.3. The highest BCUT2D eigenvalue weighted by Gasteiger charge is 2.25. The van der Waals surface area contributed by atoms with Crippen LogP contribution in [-0.4, -0.2) is 16.8 Å². The van der Waals surface area contributed by atoms with Crippen molar-refractivity contribution in [2.24, 2.45) is 5.73 Å². The van der Waals surface area contributed by atoms with Crippen molar-refractivity contribution in [2.75, 3.05) is 0 Å². The highest BCUT2D eigenvalue weighted by atomic mass is 35.5. The lowest BCUT2D eigenvalue weighted by Crippen LogP contribution is -2.42. The van der Waals surface area contributed by atoms with Gasteiger partial charge in [-0.05, 0) is 43.0 Å². The van der Waals surface area contributed by atoms with Crippen LogP contribution in [0.1, 0.15) is 30.3 Å². The van der Waals surface area contributed by atoms with E-state index in [-0.39, 0.29) is 11.9 Å². The van der Waals surface area contributed by atoms with E-state index in [4.69, 9.17) is 17.3 Å². The molecule has 112 valence electrons. The Morgan fingerprint density at radius 2 is 2.10 bits per heavy atom. The van der Waals surface area contributed by atoms with Crippen molar-refractivity contribution < 1.29 is 4.79 Å². The maximum atomic E-state index is 12.6. The van der Waals surface area contributed by atoms with Crippen LogP contribution in [0.4, 0.5) is 0 Å². The Bertz CT molecular complexity index is 598. The predicted octanol–water partition coefficient (Wildman–Crippen LogP) is 3.84. The third-order valence-electron chi connectivity index (χ3n) is 3.26. The van der Waals surface area contributed by atoms with Crippen LogP contribution in [0.2, 0.25) is 5.02 Å². The van der Waals surface area contributed by atoms with E-state index in [9.17, 15) is 4.79 Å². The first-order valence-corrected chi connectivity index (χ1v) is 8.08. The Morgan fingerprint density at radius 3 is 2.67 bits per heavy atom. The molecular weight excluding hydrogens is 304 g/mol. The van der Waals surface area contributed by atoms with E-state index < -0.39 is 6.04 Å². The number of hydrogen-bond donors (Lipinski definition) is 1. The minimum atomic E-state index is -0.605. The zero-order valence-electron chi connectivity index (χ0n) is 12.1.